The highest BCUT2D eigenvalue weighted by Gasteiger charge is 2.12. The van der Waals surface area contributed by atoms with Crippen LogP contribution in [0, 0.1) is 6.92 Å². The molecule has 1 heterocycles. The van der Waals surface area contributed by atoms with E-state index < -0.39 is 0 Å². The van der Waals surface area contributed by atoms with Gasteiger partial charge < -0.3 is 4.74 Å². The van der Waals surface area contributed by atoms with Crippen LogP contribution in [0.5, 0.6) is 5.75 Å². The maximum absolute atomic E-state index is 6.03. The highest BCUT2D eigenvalue weighted by Crippen LogP contribution is 2.32. The van der Waals surface area contributed by atoms with Crippen molar-refractivity contribution in [3.63, 3.8) is 0 Å². The summed E-state index contributed by atoms with van der Waals surface area (Å²) < 4.78 is 5.73. The van der Waals surface area contributed by atoms with Crippen molar-refractivity contribution in [2.75, 3.05) is 6.61 Å². The van der Waals surface area contributed by atoms with Gasteiger partial charge in [0.15, 0.2) is 0 Å². The fraction of sp³-hybridized carbons (Fsp3) is 0.286. The molecule has 2 aromatic rings. The van der Waals surface area contributed by atoms with Crippen LogP contribution in [0.4, 0.5) is 0 Å². The SMILES string of the molecule is CCCOc1ccccc1-c1ncnc(Cl)c1C. The molecule has 0 N–H and O–H groups in total. The monoisotopic (exact) mass is 262 g/mol. The van der Waals surface area contributed by atoms with Gasteiger partial charge in [-0.3, -0.25) is 0 Å². The average molecular weight is 263 g/mol. The van der Waals surface area contributed by atoms with Gasteiger partial charge in [-0.2, -0.15) is 0 Å². The van der Waals surface area contributed by atoms with Crippen LogP contribution >= 0.6 is 11.6 Å². The molecule has 1 aromatic carbocycles. The summed E-state index contributed by atoms with van der Waals surface area (Å²) in [6.45, 7) is 4.68. The lowest BCUT2D eigenvalue weighted by atomic mass is 10.1. The van der Waals surface area contributed by atoms with Crippen molar-refractivity contribution in [2.45, 2.75) is 20.3 Å². The number of nitrogens with zero attached hydrogens (tertiary/aromatic N) is 2. The maximum atomic E-state index is 6.03. The highest BCUT2D eigenvalue weighted by molar-refractivity contribution is 6.30. The van der Waals surface area contributed by atoms with Gasteiger partial charge in [-0.15, -0.1) is 0 Å². The van der Waals surface area contributed by atoms with Crippen molar-refractivity contribution in [2.24, 2.45) is 0 Å². The summed E-state index contributed by atoms with van der Waals surface area (Å²) in [5, 5.41) is 0.477. The Labute approximate surface area is 112 Å². The quantitative estimate of drug-likeness (QED) is 0.784. The van der Waals surface area contributed by atoms with E-state index in [0.717, 1.165) is 29.0 Å². The number of aromatic nitrogens is 2. The Balaban J connectivity index is 2.46. The van der Waals surface area contributed by atoms with Crippen LogP contribution in [-0.4, -0.2) is 16.6 Å². The Morgan fingerprint density at radius 2 is 2.00 bits per heavy atom. The Bertz CT molecular complexity index is 543. The van der Waals surface area contributed by atoms with Crippen LogP contribution in [0.3, 0.4) is 0 Å². The third-order valence-electron chi connectivity index (χ3n) is 2.63. The zero-order valence-electron chi connectivity index (χ0n) is 10.5. The normalized spacial score (nSPS) is 10.4. The number of halogens is 1. The first kappa shape index (κ1) is 12.8. The molecule has 18 heavy (non-hydrogen) atoms. The molecule has 0 atom stereocenters. The van der Waals surface area contributed by atoms with E-state index in [9.17, 15) is 0 Å². The summed E-state index contributed by atoms with van der Waals surface area (Å²) in [5.74, 6) is 0.831. The predicted molar refractivity (Wildman–Crippen MR) is 73.0 cm³/mol. The van der Waals surface area contributed by atoms with E-state index in [2.05, 4.69) is 16.9 Å². The van der Waals surface area contributed by atoms with Crippen LogP contribution < -0.4 is 4.74 Å². The topological polar surface area (TPSA) is 35.0 Å². The van der Waals surface area contributed by atoms with Crippen LogP contribution in [0.25, 0.3) is 11.3 Å². The minimum absolute atomic E-state index is 0.477. The van der Waals surface area contributed by atoms with Gasteiger partial charge in [0, 0.05) is 11.1 Å². The Morgan fingerprint density at radius 1 is 1.22 bits per heavy atom. The fourth-order valence-electron chi connectivity index (χ4n) is 1.70. The first-order chi connectivity index (χ1) is 8.74. The number of ether oxygens (including phenoxy) is 1. The summed E-state index contributed by atoms with van der Waals surface area (Å²) in [7, 11) is 0. The molecule has 1 aromatic heterocycles. The van der Waals surface area contributed by atoms with E-state index in [4.69, 9.17) is 16.3 Å². The van der Waals surface area contributed by atoms with Gasteiger partial charge in [-0.1, -0.05) is 30.7 Å². The summed E-state index contributed by atoms with van der Waals surface area (Å²) in [6.07, 6.45) is 2.44. The van der Waals surface area contributed by atoms with Crippen LogP contribution in [0.15, 0.2) is 30.6 Å². The van der Waals surface area contributed by atoms with Crippen molar-refractivity contribution < 1.29 is 4.74 Å². The Kier molecular flexibility index (Phi) is 4.15. The van der Waals surface area contributed by atoms with Gasteiger partial charge >= 0.3 is 0 Å². The van der Waals surface area contributed by atoms with Gasteiger partial charge in [0.1, 0.15) is 17.2 Å². The molecule has 0 aliphatic rings. The second-order valence-electron chi connectivity index (χ2n) is 3.98. The predicted octanol–water partition coefficient (Wildman–Crippen LogP) is 3.89. The smallest absolute Gasteiger partial charge is 0.135 e. The summed E-state index contributed by atoms with van der Waals surface area (Å²) in [5.41, 5.74) is 2.64. The molecule has 0 fully saturated rings. The van der Waals surface area contributed by atoms with Crippen LogP contribution in [0.1, 0.15) is 18.9 Å². The number of benzene rings is 1. The van der Waals surface area contributed by atoms with E-state index in [0.29, 0.717) is 11.8 Å². The molecule has 0 unspecified atom stereocenters. The van der Waals surface area contributed by atoms with Gasteiger partial charge in [0.05, 0.1) is 12.3 Å². The lowest BCUT2D eigenvalue weighted by Crippen LogP contribution is -1.99. The Hall–Kier alpha value is -1.61. The van der Waals surface area contributed by atoms with Crippen molar-refractivity contribution in [3.05, 3.63) is 41.3 Å². The number of rotatable bonds is 4. The molecule has 0 bridgehead atoms. The zero-order valence-corrected chi connectivity index (χ0v) is 11.2. The molecule has 0 saturated heterocycles. The van der Waals surface area contributed by atoms with E-state index in [1.807, 2.05) is 31.2 Å². The molecule has 0 saturated carbocycles. The molecule has 2 rings (SSSR count). The largest absolute Gasteiger partial charge is 0.493 e. The average Bonchev–Trinajstić information content (AvgIpc) is 2.40. The third kappa shape index (κ3) is 2.62. The number of hydrogen-bond donors (Lipinski definition) is 0. The van der Waals surface area contributed by atoms with Crippen molar-refractivity contribution in [1.82, 2.24) is 9.97 Å². The molecule has 3 nitrogen and oxygen atoms in total. The second kappa shape index (κ2) is 5.83. The van der Waals surface area contributed by atoms with Crippen molar-refractivity contribution in [1.29, 1.82) is 0 Å². The minimum atomic E-state index is 0.477. The molecular weight excluding hydrogens is 248 g/mol. The molecular formula is C14H15ClN2O. The molecule has 4 heteroatoms. The molecule has 0 radical (unpaired) electrons. The van der Waals surface area contributed by atoms with Crippen molar-refractivity contribution >= 4 is 11.6 Å². The van der Waals surface area contributed by atoms with Crippen molar-refractivity contribution in [3.8, 4) is 17.0 Å². The first-order valence-corrected chi connectivity index (χ1v) is 6.31. The standard InChI is InChI=1S/C14H15ClN2O/c1-3-8-18-12-7-5-4-6-11(12)13-10(2)14(15)17-9-16-13/h4-7,9H,3,8H2,1-2H3. The first-order valence-electron chi connectivity index (χ1n) is 5.93. The summed E-state index contributed by atoms with van der Waals surface area (Å²) in [4.78, 5) is 8.27. The highest BCUT2D eigenvalue weighted by atomic mass is 35.5. The van der Waals surface area contributed by atoms with E-state index in [1.165, 1.54) is 6.33 Å². The molecule has 0 amide bonds. The van der Waals surface area contributed by atoms with E-state index in [1.54, 1.807) is 0 Å². The molecule has 94 valence electrons. The van der Waals surface area contributed by atoms with Gasteiger partial charge in [-0.05, 0) is 25.5 Å². The van der Waals surface area contributed by atoms with E-state index >= 15 is 0 Å². The minimum Gasteiger partial charge on any atom is -0.493 e. The molecule has 0 aliphatic carbocycles. The lowest BCUT2D eigenvalue weighted by molar-refractivity contribution is 0.318. The van der Waals surface area contributed by atoms with Gasteiger partial charge in [-0.25, -0.2) is 9.97 Å². The molecule has 0 aliphatic heterocycles. The maximum Gasteiger partial charge on any atom is 0.135 e. The number of para-hydroxylation sites is 1. The van der Waals surface area contributed by atoms with E-state index in [-0.39, 0.29) is 0 Å². The van der Waals surface area contributed by atoms with Crippen LogP contribution in [-0.2, 0) is 0 Å². The number of hydrogen-bond acceptors (Lipinski definition) is 3. The van der Waals surface area contributed by atoms with Gasteiger partial charge in [0.25, 0.3) is 0 Å². The van der Waals surface area contributed by atoms with Crippen LogP contribution in [0.2, 0.25) is 5.15 Å². The fourth-order valence-corrected chi connectivity index (χ4v) is 1.83. The summed E-state index contributed by atoms with van der Waals surface area (Å²) >= 11 is 6.03. The lowest BCUT2D eigenvalue weighted by Gasteiger charge is -2.12. The Morgan fingerprint density at radius 3 is 2.78 bits per heavy atom. The zero-order chi connectivity index (χ0) is 13.0. The van der Waals surface area contributed by atoms with Gasteiger partial charge in [0.2, 0.25) is 0 Å². The third-order valence-corrected chi connectivity index (χ3v) is 3.01. The summed E-state index contributed by atoms with van der Waals surface area (Å²) in [6, 6.07) is 7.84. The second-order valence-corrected chi connectivity index (χ2v) is 4.34. The molecule has 0 spiro atoms.